The molecule has 1 fully saturated rings. The third-order valence-electron chi connectivity index (χ3n) is 7.17. The van der Waals surface area contributed by atoms with E-state index in [0.717, 1.165) is 30.5 Å². The van der Waals surface area contributed by atoms with Gasteiger partial charge < -0.3 is 15.0 Å². The maximum Gasteiger partial charge on any atom is 0.264 e. The summed E-state index contributed by atoms with van der Waals surface area (Å²) in [6.45, 7) is 5.43. The number of rotatable bonds is 7. The molecule has 1 amide bonds. The molecule has 0 bridgehead atoms. The van der Waals surface area contributed by atoms with Crippen molar-refractivity contribution in [3.05, 3.63) is 53.1 Å². The van der Waals surface area contributed by atoms with Gasteiger partial charge >= 0.3 is 0 Å². The van der Waals surface area contributed by atoms with Crippen LogP contribution < -0.4 is 14.4 Å². The predicted octanol–water partition coefficient (Wildman–Crippen LogP) is 3.21. The molecule has 2 aliphatic rings. The lowest BCUT2D eigenvalue weighted by Gasteiger charge is -2.22. The van der Waals surface area contributed by atoms with Crippen molar-refractivity contribution < 1.29 is 17.9 Å². The van der Waals surface area contributed by atoms with Crippen LogP contribution in [0, 0.1) is 13.8 Å². The number of para-hydroxylation sites is 1. The molecule has 2 heterocycles. The Bertz CT molecular complexity index is 1150. The number of fused-ring (bicyclic) bond motifs is 1. The molecule has 0 spiro atoms. The molecule has 1 saturated heterocycles. The van der Waals surface area contributed by atoms with Crippen molar-refractivity contribution in [1.82, 2.24) is 10.2 Å². The van der Waals surface area contributed by atoms with E-state index in [1.165, 1.54) is 10.7 Å². The first kappa shape index (κ1) is 23.6. The average molecular weight is 472 g/mol. The molecule has 2 aromatic carbocycles. The molecule has 178 valence electrons. The van der Waals surface area contributed by atoms with Gasteiger partial charge in [-0.05, 0) is 81.6 Å². The fraction of sp³-hybridized carbons (Fsp3) is 0.480. The van der Waals surface area contributed by atoms with Gasteiger partial charge in [0.1, 0.15) is 5.75 Å². The lowest BCUT2D eigenvalue weighted by atomic mass is 10.0. The Balaban J connectivity index is 1.56. The van der Waals surface area contributed by atoms with Crippen LogP contribution in [0.3, 0.4) is 0 Å². The number of nitrogens with one attached hydrogen (secondary N) is 1. The highest BCUT2D eigenvalue weighted by molar-refractivity contribution is 7.93. The Hall–Kier alpha value is -2.58. The van der Waals surface area contributed by atoms with Gasteiger partial charge in [-0.25, -0.2) is 8.42 Å². The SMILES string of the molecule is COc1ccc(S(=O)(=O)N2C[C@H](C(=O)NCC[C@H]3CCCN3C)c3ccccc32)c(C)c1C. The van der Waals surface area contributed by atoms with Crippen LogP contribution in [0.5, 0.6) is 5.75 Å². The van der Waals surface area contributed by atoms with E-state index in [2.05, 4.69) is 17.3 Å². The van der Waals surface area contributed by atoms with E-state index in [1.54, 1.807) is 32.2 Å². The summed E-state index contributed by atoms with van der Waals surface area (Å²) in [5.41, 5.74) is 2.76. The minimum absolute atomic E-state index is 0.0986. The monoisotopic (exact) mass is 471 g/mol. The Morgan fingerprint density at radius 2 is 1.91 bits per heavy atom. The molecular weight excluding hydrogens is 438 g/mol. The van der Waals surface area contributed by atoms with E-state index in [0.29, 0.717) is 29.6 Å². The van der Waals surface area contributed by atoms with Crippen LogP contribution in [0.2, 0.25) is 0 Å². The van der Waals surface area contributed by atoms with Gasteiger partial charge in [-0.2, -0.15) is 0 Å². The zero-order chi connectivity index (χ0) is 23.8. The van der Waals surface area contributed by atoms with Gasteiger partial charge in [0.2, 0.25) is 5.91 Å². The van der Waals surface area contributed by atoms with E-state index in [1.807, 2.05) is 25.1 Å². The number of likely N-dealkylation sites (tertiary alicyclic amines) is 1. The summed E-state index contributed by atoms with van der Waals surface area (Å²) in [6.07, 6.45) is 3.26. The van der Waals surface area contributed by atoms with Gasteiger partial charge in [-0.1, -0.05) is 18.2 Å². The van der Waals surface area contributed by atoms with Crippen LogP contribution in [0.1, 0.15) is 41.9 Å². The third-order valence-corrected chi connectivity index (χ3v) is 9.09. The zero-order valence-electron chi connectivity index (χ0n) is 19.8. The molecule has 0 aliphatic carbocycles. The lowest BCUT2D eigenvalue weighted by molar-refractivity contribution is -0.122. The molecule has 4 rings (SSSR count). The molecule has 2 aromatic rings. The van der Waals surface area contributed by atoms with Crippen LogP contribution in [0.25, 0.3) is 0 Å². The van der Waals surface area contributed by atoms with Crippen LogP contribution in [-0.4, -0.2) is 59.1 Å². The molecular formula is C25H33N3O4S. The number of amides is 1. The van der Waals surface area contributed by atoms with Gasteiger partial charge in [0.05, 0.1) is 30.2 Å². The molecule has 8 heteroatoms. The number of anilines is 1. The smallest absolute Gasteiger partial charge is 0.264 e. The van der Waals surface area contributed by atoms with Crippen LogP contribution >= 0.6 is 0 Å². The first-order valence-electron chi connectivity index (χ1n) is 11.5. The summed E-state index contributed by atoms with van der Waals surface area (Å²) in [6, 6.07) is 11.1. The maximum absolute atomic E-state index is 13.7. The Morgan fingerprint density at radius 3 is 2.61 bits per heavy atom. The van der Waals surface area contributed by atoms with Gasteiger partial charge in [0, 0.05) is 12.6 Å². The number of carbonyl (C=O) groups excluding carboxylic acids is 1. The number of nitrogens with zero attached hydrogens (tertiary/aromatic N) is 2. The van der Waals surface area contributed by atoms with E-state index in [9.17, 15) is 13.2 Å². The van der Waals surface area contributed by atoms with E-state index in [4.69, 9.17) is 4.74 Å². The largest absolute Gasteiger partial charge is 0.496 e. The lowest BCUT2D eigenvalue weighted by Crippen LogP contribution is -2.37. The molecule has 0 unspecified atom stereocenters. The van der Waals surface area contributed by atoms with E-state index >= 15 is 0 Å². The third kappa shape index (κ3) is 4.34. The minimum atomic E-state index is -3.85. The van der Waals surface area contributed by atoms with Crippen molar-refractivity contribution >= 4 is 21.6 Å². The normalized spacial score (nSPS) is 20.7. The molecule has 33 heavy (non-hydrogen) atoms. The van der Waals surface area contributed by atoms with Gasteiger partial charge in [0.25, 0.3) is 10.0 Å². The first-order chi connectivity index (χ1) is 15.8. The van der Waals surface area contributed by atoms with Crippen LogP contribution in [0.15, 0.2) is 41.3 Å². The van der Waals surface area contributed by atoms with E-state index in [-0.39, 0.29) is 17.3 Å². The van der Waals surface area contributed by atoms with E-state index < -0.39 is 15.9 Å². The van der Waals surface area contributed by atoms with Gasteiger partial charge in [-0.15, -0.1) is 0 Å². The Labute approximate surface area is 196 Å². The fourth-order valence-corrected chi connectivity index (χ4v) is 6.83. The minimum Gasteiger partial charge on any atom is -0.496 e. The fourth-order valence-electron chi connectivity index (χ4n) is 5.04. The first-order valence-corrected chi connectivity index (χ1v) is 12.9. The number of carbonyl (C=O) groups is 1. The highest BCUT2D eigenvalue weighted by Crippen LogP contribution is 2.41. The van der Waals surface area contributed by atoms with Crippen molar-refractivity contribution in [2.45, 2.75) is 50.0 Å². The molecule has 0 radical (unpaired) electrons. The zero-order valence-corrected chi connectivity index (χ0v) is 20.6. The summed E-state index contributed by atoms with van der Waals surface area (Å²) in [5.74, 6) is -0.00111. The average Bonchev–Trinajstić information content (AvgIpc) is 3.39. The van der Waals surface area contributed by atoms with Gasteiger partial charge in [-0.3, -0.25) is 9.10 Å². The second-order valence-corrected chi connectivity index (χ2v) is 10.9. The maximum atomic E-state index is 13.7. The standard InChI is InChI=1S/C25H33N3O4S/c1-17-18(2)24(12-11-23(17)32-4)33(30,31)28-16-21(20-9-5-6-10-22(20)28)25(29)26-14-13-19-8-7-15-27(19)3/h5-6,9-12,19,21H,7-8,13-16H2,1-4H3,(H,26,29)/t19-,21+/m1/s1. The number of ether oxygens (including phenoxy) is 1. The second-order valence-electron chi connectivity index (χ2n) is 9.02. The van der Waals surface area contributed by atoms with Crippen LogP contribution in [-0.2, 0) is 14.8 Å². The highest BCUT2D eigenvalue weighted by atomic mass is 32.2. The van der Waals surface area contributed by atoms with Gasteiger partial charge in [0.15, 0.2) is 0 Å². The summed E-state index contributed by atoms with van der Waals surface area (Å²) >= 11 is 0. The van der Waals surface area contributed by atoms with Crippen molar-refractivity contribution in [3.63, 3.8) is 0 Å². The number of methoxy groups -OCH3 is 1. The molecule has 7 nitrogen and oxygen atoms in total. The van der Waals surface area contributed by atoms with Crippen LogP contribution in [0.4, 0.5) is 5.69 Å². The molecule has 0 aromatic heterocycles. The second kappa shape index (κ2) is 9.35. The predicted molar refractivity (Wildman–Crippen MR) is 129 cm³/mol. The van der Waals surface area contributed by atoms with Crippen molar-refractivity contribution in [3.8, 4) is 5.75 Å². The Kier molecular flexibility index (Phi) is 6.68. The topological polar surface area (TPSA) is 79.0 Å². The molecule has 2 aliphatic heterocycles. The molecule has 2 atom stereocenters. The summed E-state index contributed by atoms with van der Waals surface area (Å²) < 4.78 is 34.1. The summed E-state index contributed by atoms with van der Waals surface area (Å²) in [4.78, 5) is 15.7. The number of hydrogen-bond acceptors (Lipinski definition) is 5. The summed E-state index contributed by atoms with van der Waals surface area (Å²) in [5, 5.41) is 3.06. The number of sulfonamides is 1. The van der Waals surface area contributed by atoms with Crippen molar-refractivity contribution in [2.24, 2.45) is 0 Å². The van der Waals surface area contributed by atoms with Crippen molar-refractivity contribution in [2.75, 3.05) is 38.1 Å². The number of hydrogen-bond donors (Lipinski definition) is 1. The molecule has 0 saturated carbocycles. The summed E-state index contributed by atoms with van der Waals surface area (Å²) in [7, 11) is -0.153. The Morgan fingerprint density at radius 1 is 1.15 bits per heavy atom. The quantitative estimate of drug-likeness (QED) is 0.671. The molecule has 1 N–H and O–H groups in total. The highest BCUT2D eigenvalue weighted by Gasteiger charge is 2.40. The number of benzene rings is 2. The van der Waals surface area contributed by atoms with Crippen molar-refractivity contribution in [1.29, 1.82) is 0 Å².